The van der Waals surface area contributed by atoms with Gasteiger partial charge in [-0.25, -0.2) is 4.98 Å². The third-order valence-corrected chi connectivity index (χ3v) is 7.25. The maximum atomic E-state index is 11.6. The number of amides is 1. The van der Waals surface area contributed by atoms with Crippen LogP contribution in [-0.4, -0.2) is 51.4 Å². The molecule has 0 unspecified atom stereocenters. The summed E-state index contributed by atoms with van der Waals surface area (Å²) < 4.78 is 2.16. The van der Waals surface area contributed by atoms with Crippen molar-refractivity contribution in [2.45, 2.75) is 20.8 Å². The zero-order valence-corrected chi connectivity index (χ0v) is 20.9. The van der Waals surface area contributed by atoms with Crippen molar-refractivity contribution in [1.82, 2.24) is 19.3 Å². The number of piperazine rings is 1. The molecule has 4 heterocycles. The fraction of sp³-hybridized carbons (Fsp3) is 0.233. The van der Waals surface area contributed by atoms with Crippen molar-refractivity contribution in [2.24, 2.45) is 0 Å². The lowest BCUT2D eigenvalue weighted by atomic mass is 10.0. The Bertz CT molecular complexity index is 1590. The molecular weight excluding hydrogens is 446 g/mol. The van der Waals surface area contributed by atoms with E-state index >= 15 is 0 Å². The van der Waals surface area contributed by atoms with Gasteiger partial charge in [-0.05, 0) is 60.9 Å². The van der Waals surface area contributed by atoms with Gasteiger partial charge < -0.3 is 9.80 Å². The Kier molecular flexibility index (Phi) is 5.44. The van der Waals surface area contributed by atoms with Gasteiger partial charge in [-0.1, -0.05) is 30.3 Å². The molecule has 1 saturated heterocycles. The first kappa shape index (κ1) is 22.3. The summed E-state index contributed by atoms with van der Waals surface area (Å²) in [6.45, 7) is 9.09. The molecule has 0 aliphatic carbocycles. The summed E-state index contributed by atoms with van der Waals surface area (Å²) >= 11 is 0. The highest BCUT2D eigenvalue weighted by Gasteiger charge is 2.19. The Labute approximate surface area is 210 Å². The van der Waals surface area contributed by atoms with Crippen LogP contribution in [-0.2, 0) is 4.79 Å². The first-order valence-electron chi connectivity index (χ1n) is 12.4. The molecule has 6 nitrogen and oxygen atoms in total. The molecule has 0 radical (unpaired) electrons. The van der Waals surface area contributed by atoms with Crippen LogP contribution < -0.4 is 4.90 Å². The fourth-order valence-electron chi connectivity index (χ4n) is 5.24. The van der Waals surface area contributed by atoms with Crippen LogP contribution in [0.4, 0.5) is 5.69 Å². The number of aromatic nitrogens is 3. The maximum absolute atomic E-state index is 11.6. The summed E-state index contributed by atoms with van der Waals surface area (Å²) in [7, 11) is 0. The van der Waals surface area contributed by atoms with Gasteiger partial charge in [0.2, 0.25) is 5.91 Å². The largest absolute Gasteiger partial charge is 0.368 e. The number of hydrogen-bond acceptors (Lipinski definition) is 4. The Hall–Kier alpha value is -4.19. The summed E-state index contributed by atoms with van der Waals surface area (Å²) in [4.78, 5) is 25.4. The molecule has 1 aliphatic heterocycles. The molecule has 3 aromatic heterocycles. The van der Waals surface area contributed by atoms with Gasteiger partial charge in [0.1, 0.15) is 5.65 Å². The first-order chi connectivity index (χ1) is 17.5. The second-order valence-electron chi connectivity index (χ2n) is 9.61. The molecule has 0 spiro atoms. The fourth-order valence-corrected chi connectivity index (χ4v) is 5.24. The van der Waals surface area contributed by atoms with Crippen LogP contribution in [0.15, 0.2) is 73.1 Å². The highest BCUT2D eigenvalue weighted by atomic mass is 16.2. The van der Waals surface area contributed by atoms with Crippen LogP contribution in [0, 0.1) is 13.8 Å². The number of pyridine rings is 2. The minimum atomic E-state index is 0.157. The van der Waals surface area contributed by atoms with Gasteiger partial charge in [-0.3, -0.25) is 14.2 Å². The molecule has 36 heavy (non-hydrogen) atoms. The molecule has 180 valence electrons. The molecule has 6 heteroatoms. The smallest absolute Gasteiger partial charge is 0.219 e. The molecular formula is C30H29N5O. The second-order valence-corrected chi connectivity index (χ2v) is 9.61. The van der Waals surface area contributed by atoms with Gasteiger partial charge in [0.25, 0.3) is 0 Å². The monoisotopic (exact) mass is 475 g/mol. The highest BCUT2D eigenvalue weighted by molar-refractivity contribution is 5.95. The van der Waals surface area contributed by atoms with Crippen molar-refractivity contribution in [2.75, 3.05) is 31.1 Å². The number of imidazole rings is 1. The van der Waals surface area contributed by atoms with Crippen LogP contribution in [0.1, 0.15) is 18.2 Å². The van der Waals surface area contributed by atoms with Gasteiger partial charge in [0.15, 0.2) is 0 Å². The SMILES string of the molecule is CC(=O)N1CCN(c2ccc(-c3ccn4c(-c5cc(C)nc6c(C)cccc56)cnc4c3)cc2)CC1. The van der Waals surface area contributed by atoms with E-state index in [-0.39, 0.29) is 5.91 Å². The average Bonchev–Trinajstić information content (AvgIpc) is 3.32. The Morgan fingerprint density at radius 1 is 0.889 bits per heavy atom. The third-order valence-electron chi connectivity index (χ3n) is 7.25. The van der Waals surface area contributed by atoms with Crippen molar-refractivity contribution < 1.29 is 4.79 Å². The molecule has 0 saturated carbocycles. The summed E-state index contributed by atoms with van der Waals surface area (Å²) in [5, 5.41) is 1.14. The predicted octanol–water partition coefficient (Wildman–Crippen LogP) is 5.50. The molecule has 1 fully saturated rings. The average molecular weight is 476 g/mol. The number of carbonyl (C=O) groups excluding carboxylic acids is 1. The summed E-state index contributed by atoms with van der Waals surface area (Å²) in [5.74, 6) is 0.157. The van der Waals surface area contributed by atoms with Gasteiger partial charge in [-0.2, -0.15) is 0 Å². The van der Waals surface area contributed by atoms with E-state index in [9.17, 15) is 4.79 Å². The lowest BCUT2D eigenvalue weighted by Crippen LogP contribution is -2.48. The predicted molar refractivity (Wildman–Crippen MR) is 145 cm³/mol. The number of carbonyl (C=O) groups is 1. The maximum Gasteiger partial charge on any atom is 0.219 e. The quantitative estimate of drug-likeness (QED) is 0.346. The molecule has 2 aromatic carbocycles. The molecule has 1 amide bonds. The van der Waals surface area contributed by atoms with E-state index in [1.807, 2.05) is 18.0 Å². The summed E-state index contributed by atoms with van der Waals surface area (Å²) in [6, 6.07) is 21.5. The Balaban J connectivity index is 1.30. The minimum absolute atomic E-state index is 0.157. The van der Waals surface area contributed by atoms with E-state index in [2.05, 4.69) is 83.1 Å². The van der Waals surface area contributed by atoms with Crippen molar-refractivity contribution in [3.8, 4) is 22.4 Å². The molecule has 6 rings (SSSR count). The first-order valence-corrected chi connectivity index (χ1v) is 12.4. The Morgan fingerprint density at radius 3 is 2.42 bits per heavy atom. The van der Waals surface area contributed by atoms with Crippen LogP contribution in [0.3, 0.4) is 0 Å². The normalized spacial score (nSPS) is 14.1. The summed E-state index contributed by atoms with van der Waals surface area (Å²) in [5.41, 5.74) is 9.85. The number of fused-ring (bicyclic) bond motifs is 2. The van der Waals surface area contributed by atoms with Gasteiger partial charge in [-0.15, -0.1) is 0 Å². The molecule has 0 atom stereocenters. The topological polar surface area (TPSA) is 53.7 Å². The lowest BCUT2D eigenvalue weighted by Gasteiger charge is -2.35. The number of benzene rings is 2. The molecule has 0 N–H and O–H groups in total. The second kappa shape index (κ2) is 8.79. The van der Waals surface area contributed by atoms with E-state index in [0.717, 1.165) is 70.8 Å². The van der Waals surface area contributed by atoms with Crippen LogP contribution in [0.25, 0.3) is 38.9 Å². The van der Waals surface area contributed by atoms with Gasteiger partial charge >= 0.3 is 0 Å². The highest BCUT2D eigenvalue weighted by Crippen LogP contribution is 2.32. The number of rotatable bonds is 3. The molecule has 5 aromatic rings. The lowest BCUT2D eigenvalue weighted by molar-refractivity contribution is -0.129. The van der Waals surface area contributed by atoms with Crippen molar-refractivity contribution in [3.63, 3.8) is 0 Å². The number of nitrogens with zero attached hydrogens (tertiary/aromatic N) is 5. The number of hydrogen-bond donors (Lipinski definition) is 0. The summed E-state index contributed by atoms with van der Waals surface area (Å²) in [6.07, 6.45) is 4.07. The van der Waals surface area contributed by atoms with E-state index < -0.39 is 0 Å². The number of anilines is 1. The van der Waals surface area contributed by atoms with E-state index in [1.54, 1.807) is 6.92 Å². The number of para-hydroxylation sites is 1. The van der Waals surface area contributed by atoms with Crippen molar-refractivity contribution in [1.29, 1.82) is 0 Å². The minimum Gasteiger partial charge on any atom is -0.368 e. The third kappa shape index (κ3) is 3.88. The Morgan fingerprint density at radius 2 is 1.67 bits per heavy atom. The zero-order valence-electron chi connectivity index (χ0n) is 20.9. The van der Waals surface area contributed by atoms with Crippen LogP contribution >= 0.6 is 0 Å². The van der Waals surface area contributed by atoms with Gasteiger partial charge in [0.05, 0.1) is 17.4 Å². The van der Waals surface area contributed by atoms with Crippen molar-refractivity contribution in [3.05, 3.63) is 84.3 Å². The van der Waals surface area contributed by atoms with Gasteiger partial charge in [0, 0.05) is 61.6 Å². The van der Waals surface area contributed by atoms with E-state index in [1.165, 1.54) is 11.3 Å². The number of aryl methyl sites for hydroxylation is 2. The standard InChI is InChI=1S/C30H29N5O/c1-20-5-4-6-26-27(17-21(2)32-30(20)26)28-19-31-29-18-24(11-12-35(28)29)23-7-9-25(10-8-23)34-15-13-33(14-16-34)22(3)36/h4-12,17-19H,13-16H2,1-3H3. The van der Waals surface area contributed by atoms with Crippen LogP contribution in [0.2, 0.25) is 0 Å². The van der Waals surface area contributed by atoms with Crippen LogP contribution in [0.5, 0.6) is 0 Å². The van der Waals surface area contributed by atoms with E-state index in [0.29, 0.717) is 0 Å². The zero-order chi connectivity index (χ0) is 24.8. The molecule has 1 aliphatic rings. The van der Waals surface area contributed by atoms with Crippen molar-refractivity contribution >= 4 is 28.1 Å². The molecule has 0 bridgehead atoms. The van der Waals surface area contributed by atoms with E-state index in [4.69, 9.17) is 9.97 Å².